The molecular formula is C10H16N2O. The molecule has 0 bridgehead atoms. The van der Waals surface area contributed by atoms with Crippen LogP contribution in [0.1, 0.15) is 19.4 Å². The molecule has 0 aromatic carbocycles. The van der Waals surface area contributed by atoms with E-state index in [2.05, 4.69) is 23.7 Å². The topological polar surface area (TPSA) is 36.4 Å². The van der Waals surface area contributed by atoms with Gasteiger partial charge in [-0.05, 0) is 31.5 Å². The van der Waals surface area contributed by atoms with Crippen LogP contribution in [0.5, 0.6) is 0 Å². The van der Waals surface area contributed by atoms with E-state index < -0.39 is 0 Å². The number of hydrogen-bond donors (Lipinski definition) is 1. The van der Waals surface area contributed by atoms with Crippen LogP contribution in [0.3, 0.4) is 0 Å². The fourth-order valence-electron chi connectivity index (χ4n) is 1.28. The molecule has 1 heterocycles. The second-order valence-corrected chi connectivity index (χ2v) is 2.85. The maximum Gasteiger partial charge on any atom is 0.128 e. The molecule has 1 rings (SSSR count). The molecule has 0 aliphatic rings. The van der Waals surface area contributed by atoms with Crippen molar-refractivity contribution in [2.24, 2.45) is 0 Å². The van der Waals surface area contributed by atoms with Crippen molar-refractivity contribution in [1.29, 1.82) is 0 Å². The van der Waals surface area contributed by atoms with Crippen LogP contribution in [0.25, 0.3) is 0 Å². The lowest BCUT2D eigenvalue weighted by Gasteiger charge is -2.19. The van der Waals surface area contributed by atoms with E-state index >= 15 is 0 Å². The molecule has 0 aliphatic carbocycles. The van der Waals surface area contributed by atoms with Crippen LogP contribution in [0.4, 0.5) is 5.82 Å². The van der Waals surface area contributed by atoms with Gasteiger partial charge in [0.25, 0.3) is 0 Å². The van der Waals surface area contributed by atoms with Crippen LogP contribution >= 0.6 is 0 Å². The Morgan fingerprint density at radius 3 is 2.62 bits per heavy atom. The molecule has 0 radical (unpaired) electrons. The lowest BCUT2D eigenvalue weighted by atomic mass is 10.2. The van der Waals surface area contributed by atoms with Crippen molar-refractivity contribution >= 4 is 5.82 Å². The van der Waals surface area contributed by atoms with Gasteiger partial charge in [-0.2, -0.15) is 0 Å². The first kappa shape index (κ1) is 9.99. The van der Waals surface area contributed by atoms with E-state index in [1.807, 2.05) is 12.1 Å². The standard InChI is InChI=1S/C10H16N2O/c1-3-12(4-2)10-7-9(8-13)5-6-11-10/h5-7,13H,3-4,8H2,1-2H3. The van der Waals surface area contributed by atoms with Gasteiger partial charge in [0, 0.05) is 19.3 Å². The molecule has 0 saturated heterocycles. The quantitative estimate of drug-likeness (QED) is 0.761. The third-order valence-corrected chi connectivity index (χ3v) is 2.08. The summed E-state index contributed by atoms with van der Waals surface area (Å²) in [5, 5.41) is 8.94. The van der Waals surface area contributed by atoms with Crippen LogP contribution in [0, 0.1) is 0 Å². The molecule has 0 spiro atoms. The summed E-state index contributed by atoms with van der Waals surface area (Å²) in [6.07, 6.45) is 1.74. The Labute approximate surface area is 79.0 Å². The van der Waals surface area contributed by atoms with Gasteiger partial charge in [0.1, 0.15) is 5.82 Å². The predicted molar refractivity (Wildman–Crippen MR) is 53.7 cm³/mol. The molecular weight excluding hydrogens is 164 g/mol. The molecule has 0 amide bonds. The van der Waals surface area contributed by atoms with Crippen LogP contribution < -0.4 is 4.90 Å². The SMILES string of the molecule is CCN(CC)c1cc(CO)ccn1. The summed E-state index contributed by atoms with van der Waals surface area (Å²) in [7, 11) is 0. The first-order valence-corrected chi connectivity index (χ1v) is 4.62. The number of pyridine rings is 1. The van der Waals surface area contributed by atoms with Crippen molar-refractivity contribution in [2.75, 3.05) is 18.0 Å². The summed E-state index contributed by atoms with van der Waals surface area (Å²) in [5.41, 5.74) is 0.914. The normalized spacial score (nSPS) is 10.1. The molecule has 13 heavy (non-hydrogen) atoms. The number of rotatable bonds is 4. The highest BCUT2D eigenvalue weighted by molar-refractivity contribution is 5.40. The number of nitrogens with zero attached hydrogens (tertiary/aromatic N) is 2. The summed E-state index contributed by atoms with van der Waals surface area (Å²) >= 11 is 0. The Bertz CT molecular complexity index is 259. The Kier molecular flexibility index (Phi) is 3.71. The largest absolute Gasteiger partial charge is 0.392 e. The van der Waals surface area contributed by atoms with Gasteiger partial charge in [0.2, 0.25) is 0 Å². The summed E-state index contributed by atoms with van der Waals surface area (Å²) in [4.78, 5) is 6.40. The Morgan fingerprint density at radius 2 is 2.08 bits per heavy atom. The number of anilines is 1. The molecule has 72 valence electrons. The zero-order chi connectivity index (χ0) is 9.68. The van der Waals surface area contributed by atoms with Crippen molar-refractivity contribution in [2.45, 2.75) is 20.5 Å². The Morgan fingerprint density at radius 1 is 1.38 bits per heavy atom. The van der Waals surface area contributed by atoms with Crippen molar-refractivity contribution in [3.05, 3.63) is 23.9 Å². The smallest absolute Gasteiger partial charge is 0.128 e. The molecule has 1 aromatic rings. The van der Waals surface area contributed by atoms with E-state index in [0.717, 1.165) is 24.5 Å². The maximum atomic E-state index is 8.94. The summed E-state index contributed by atoms with van der Waals surface area (Å²) in [5.74, 6) is 0.941. The molecule has 0 unspecified atom stereocenters. The second-order valence-electron chi connectivity index (χ2n) is 2.85. The van der Waals surface area contributed by atoms with E-state index in [9.17, 15) is 0 Å². The van der Waals surface area contributed by atoms with Gasteiger partial charge >= 0.3 is 0 Å². The van der Waals surface area contributed by atoms with Crippen molar-refractivity contribution in [3.8, 4) is 0 Å². The maximum absolute atomic E-state index is 8.94. The van der Waals surface area contributed by atoms with Crippen molar-refractivity contribution in [1.82, 2.24) is 4.98 Å². The summed E-state index contributed by atoms with van der Waals surface area (Å²) in [6.45, 7) is 6.15. The molecule has 3 nitrogen and oxygen atoms in total. The fourth-order valence-corrected chi connectivity index (χ4v) is 1.28. The average molecular weight is 180 g/mol. The zero-order valence-corrected chi connectivity index (χ0v) is 8.20. The minimum absolute atomic E-state index is 0.0801. The van der Waals surface area contributed by atoms with Gasteiger partial charge in [0.15, 0.2) is 0 Å². The van der Waals surface area contributed by atoms with Gasteiger partial charge in [-0.25, -0.2) is 4.98 Å². The summed E-state index contributed by atoms with van der Waals surface area (Å²) < 4.78 is 0. The highest BCUT2D eigenvalue weighted by Gasteiger charge is 2.02. The lowest BCUT2D eigenvalue weighted by molar-refractivity contribution is 0.281. The Balaban J connectivity index is 2.86. The van der Waals surface area contributed by atoms with Crippen LogP contribution in [-0.2, 0) is 6.61 Å². The third-order valence-electron chi connectivity index (χ3n) is 2.08. The van der Waals surface area contributed by atoms with Gasteiger partial charge in [-0.3, -0.25) is 0 Å². The lowest BCUT2D eigenvalue weighted by Crippen LogP contribution is -2.22. The van der Waals surface area contributed by atoms with E-state index in [-0.39, 0.29) is 6.61 Å². The summed E-state index contributed by atoms with van der Waals surface area (Å²) in [6, 6.07) is 3.75. The van der Waals surface area contributed by atoms with Crippen LogP contribution in [0.15, 0.2) is 18.3 Å². The second kappa shape index (κ2) is 4.82. The molecule has 0 atom stereocenters. The number of aliphatic hydroxyl groups is 1. The van der Waals surface area contributed by atoms with Crippen LogP contribution in [-0.4, -0.2) is 23.2 Å². The molecule has 1 N–H and O–H groups in total. The molecule has 0 aliphatic heterocycles. The minimum Gasteiger partial charge on any atom is -0.392 e. The predicted octanol–water partition coefficient (Wildman–Crippen LogP) is 1.42. The number of aliphatic hydroxyl groups excluding tert-OH is 1. The zero-order valence-electron chi connectivity index (χ0n) is 8.20. The molecule has 1 aromatic heterocycles. The molecule has 0 saturated carbocycles. The average Bonchev–Trinajstić information content (AvgIpc) is 2.20. The fraction of sp³-hybridized carbons (Fsp3) is 0.500. The van der Waals surface area contributed by atoms with Gasteiger partial charge in [0.05, 0.1) is 6.61 Å². The highest BCUT2D eigenvalue weighted by Crippen LogP contribution is 2.11. The van der Waals surface area contributed by atoms with E-state index in [1.54, 1.807) is 6.20 Å². The van der Waals surface area contributed by atoms with E-state index in [0.29, 0.717) is 0 Å². The minimum atomic E-state index is 0.0801. The number of aromatic nitrogens is 1. The monoisotopic (exact) mass is 180 g/mol. The van der Waals surface area contributed by atoms with E-state index in [4.69, 9.17) is 5.11 Å². The van der Waals surface area contributed by atoms with E-state index in [1.165, 1.54) is 0 Å². The molecule has 3 heteroatoms. The van der Waals surface area contributed by atoms with Gasteiger partial charge < -0.3 is 10.0 Å². The first-order chi connectivity index (χ1) is 6.31. The first-order valence-electron chi connectivity index (χ1n) is 4.62. The molecule has 0 fully saturated rings. The van der Waals surface area contributed by atoms with Crippen LogP contribution in [0.2, 0.25) is 0 Å². The Hall–Kier alpha value is -1.09. The van der Waals surface area contributed by atoms with Gasteiger partial charge in [-0.15, -0.1) is 0 Å². The van der Waals surface area contributed by atoms with Crippen molar-refractivity contribution in [3.63, 3.8) is 0 Å². The third kappa shape index (κ3) is 2.42. The van der Waals surface area contributed by atoms with Gasteiger partial charge in [-0.1, -0.05) is 0 Å². The highest BCUT2D eigenvalue weighted by atomic mass is 16.3. The number of hydrogen-bond acceptors (Lipinski definition) is 3. The van der Waals surface area contributed by atoms with Crippen molar-refractivity contribution < 1.29 is 5.11 Å².